The highest BCUT2D eigenvalue weighted by molar-refractivity contribution is 7.91. The molecule has 0 fully saturated rings. The Morgan fingerprint density at radius 2 is 1.72 bits per heavy atom. The van der Waals surface area contributed by atoms with Gasteiger partial charge in [-0.25, -0.2) is 9.93 Å². The Morgan fingerprint density at radius 1 is 1.11 bits per heavy atom. The fraction of sp³-hybridized carbons (Fsp3) is 0. The van der Waals surface area contributed by atoms with Gasteiger partial charge in [0, 0.05) is 5.39 Å². The second-order valence-corrected chi connectivity index (χ2v) is 4.99. The molecule has 2 rings (SSSR count). The quantitative estimate of drug-likeness (QED) is 0.860. The lowest BCUT2D eigenvalue weighted by molar-refractivity contribution is 0.206. The van der Waals surface area contributed by atoms with Crippen LogP contribution in [0.4, 0.5) is 10.5 Å². The molecule has 0 unspecified atom stereocenters. The van der Waals surface area contributed by atoms with Crippen molar-refractivity contribution in [3.8, 4) is 0 Å². The topological polar surface area (TPSA) is 101 Å². The molecule has 0 spiro atoms. The lowest BCUT2D eigenvalue weighted by Gasteiger charge is -2.17. The molecule has 18 heavy (non-hydrogen) atoms. The van der Waals surface area contributed by atoms with Gasteiger partial charge < -0.3 is 5.11 Å². The van der Waals surface area contributed by atoms with Crippen molar-refractivity contribution in [2.24, 2.45) is 5.14 Å². The van der Waals surface area contributed by atoms with Gasteiger partial charge in [0.2, 0.25) is 0 Å². The van der Waals surface area contributed by atoms with Crippen molar-refractivity contribution in [1.82, 2.24) is 0 Å². The molecule has 2 aromatic carbocycles. The fourth-order valence-electron chi connectivity index (χ4n) is 1.73. The average Bonchev–Trinajstić information content (AvgIpc) is 2.27. The number of nitrogens with two attached hydrogens (primary N) is 1. The summed E-state index contributed by atoms with van der Waals surface area (Å²) in [5, 5.41) is 15.1. The number of benzene rings is 2. The van der Waals surface area contributed by atoms with Crippen LogP contribution in [0.2, 0.25) is 0 Å². The normalized spacial score (nSPS) is 11.4. The zero-order valence-corrected chi connectivity index (χ0v) is 9.96. The monoisotopic (exact) mass is 266 g/mol. The summed E-state index contributed by atoms with van der Waals surface area (Å²) in [6, 6.07) is 11.6. The highest BCUT2D eigenvalue weighted by Gasteiger charge is 2.26. The van der Waals surface area contributed by atoms with Crippen molar-refractivity contribution in [1.29, 1.82) is 0 Å². The van der Waals surface area contributed by atoms with E-state index in [-0.39, 0.29) is 9.99 Å². The van der Waals surface area contributed by atoms with Gasteiger partial charge in [-0.05, 0) is 11.5 Å². The Kier molecular flexibility index (Phi) is 2.93. The zero-order chi connectivity index (χ0) is 13.3. The summed E-state index contributed by atoms with van der Waals surface area (Å²) >= 11 is 0. The smallest absolute Gasteiger partial charge is 0.426 e. The molecule has 0 saturated heterocycles. The predicted molar refractivity (Wildman–Crippen MR) is 67.6 cm³/mol. The lowest BCUT2D eigenvalue weighted by atomic mass is 10.1. The van der Waals surface area contributed by atoms with Crippen LogP contribution in [0, 0.1) is 0 Å². The van der Waals surface area contributed by atoms with Crippen molar-refractivity contribution in [3.63, 3.8) is 0 Å². The van der Waals surface area contributed by atoms with Crippen molar-refractivity contribution in [2.75, 3.05) is 4.31 Å². The maximum Gasteiger partial charge on any atom is 0.426 e. The van der Waals surface area contributed by atoms with E-state index in [9.17, 15) is 13.2 Å². The van der Waals surface area contributed by atoms with Crippen LogP contribution < -0.4 is 9.44 Å². The summed E-state index contributed by atoms with van der Waals surface area (Å²) in [5.74, 6) is 0. The van der Waals surface area contributed by atoms with Crippen LogP contribution in [-0.2, 0) is 10.2 Å². The third-order valence-corrected chi connectivity index (χ3v) is 3.28. The number of hydrogen-bond acceptors (Lipinski definition) is 3. The minimum absolute atomic E-state index is 0.0168. The summed E-state index contributed by atoms with van der Waals surface area (Å²) in [7, 11) is -4.37. The Bertz CT molecular complexity index is 707. The zero-order valence-electron chi connectivity index (χ0n) is 9.15. The standard InChI is InChI=1S/C11H10N2O4S/c12-18(16,17)13(11(14)15)10-7-3-5-8-4-1-2-6-9(8)10/h1-7H,(H,14,15)(H2,12,16,17). The van der Waals surface area contributed by atoms with E-state index in [0.29, 0.717) is 5.39 Å². The molecule has 1 amide bonds. The number of fused-ring (bicyclic) bond motifs is 1. The molecule has 0 radical (unpaired) electrons. The molecule has 0 aliphatic carbocycles. The van der Waals surface area contributed by atoms with Crippen LogP contribution in [0.3, 0.4) is 0 Å². The van der Waals surface area contributed by atoms with Crippen LogP contribution in [-0.4, -0.2) is 19.6 Å². The number of amides is 1. The van der Waals surface area contributed by atoms with E-state index in [1.165, 1.54) is 6.07 Å². The van der Waals surface area contributed by atoms with Crippen LogP contribution in [0.15, 0.2) is 42.5 Å². The molecule has 0 saturated carbocycles. The molecule has 3 N–H and O–H groups in total. The second-order valence-electron chi connectivity index (χ2n) is 3.59. The van der Waals surface area contributed by atoms with E-state index in [1.54, 1.807) is 36.4 Å². The van der Waals surface area contributed by atoms with E-state index < -0.39 is 16.3 Å². The van der Waals surface area contributed by atoms with E-state index in [0.717, 1.165) is 5.39 Å². The molecule has 0 atom stereocenters. The molecule has 6 nitrogen and oxygen atoms in total. The SMILES string of the molecule is NS(=O)(=O)N(C(=O)O)c1cccc2ccccc12. The van der Waals surface area contributed by atoms with Crippen LogP contribution in [0.5, 0.6) is 0 Å². The number of nitrogens with zero attached hydrogens (tertiary/aromatic N) is 1. The Morgan fingerprint density at radius 3 is 2.33 bits per heavy atom. The Hall–Kier alpha value is -2.12. The molecular formula is C11H10N2O4S. The largest absolute Gasteiger partial charge is 0.464 e. The molecule has 94 valence electrons. The van der Waals surface area contributed by atoms with Gasteiger partial charge in [-0.3, -0.25) is 0 Å². The first kappa shape index (κ1) is 12.3. The maximum atomic E-state index is 11.3. The number of hydrogen-bond donors (Lipinski definition) is 2. The first-order valence-electron chi connectivity index (χ1n) is 4.95. The van der Waals surface area contributed by atoms with Gasteiger partial charge in [-0.1, -0.05) is 36.4 Å². The second kappa shape index (κ2) is 4.28. The molecular weight excluding hydrogens is 256 g/mol. The van der Waals surface area contributed by atoms with Gasteiger partial charge in [0.05, 0.1) is 5.69 Å². The summed E-state index contributed by atoms with van der Waals surface area (Å²) in [6.45, 7) is 0. The van der Waals surface area contributed by atoms with Gasteiger partial charge in [-0.15, -0.1) is 0 Å². The number of rotatable bonds is 2. The molecule has 7 heteroatoms. The van der Waals surface area contributed by atoms with Crippen molar-refractivity contribution < 1.29 is 18.3 Å². The fourth-order valence-corrected chi connectivity index (χ4v) is 2.39. The minimum atomic E-state index is -4.37. The van der Waals surface area contributed by atoms with E-state index >= 15 is 0 Å². The Labute approximate surface area is 103 Å². The molecule has 2 aromatic rings. The van der Waals surface area contributed by atoms with Crippen LogP contribution in [0.1, 0.15) is 0 Å². The molecule has 0 aromatic heterocycles. The summed E-state index contributed by atoms with van der Waals surface area (Å²) < 4.78 is 22.8. The first-order valence-corrected chi connectivity index (χ1v) is 6.45. The van der Waals surface area contributed by atoms with Gasteiger partial charge in [0.1, 0.15) is 0 Å². The summed E-state index contributed by atoms with van der Waals surface area (Å²) in [6.07, 6.45) is -1.64. The third-order valence-electron chi connectivity index (χ3n) is 2.41. The number of anilines is 1. The average molecular weight is 266 g/mol. The molecule has 0 aliphatic heterocycles. The minimum Gasteiger partial charge on any atom is -0.464 e. The van der Waals surface area contributed by atoms with Crippen molar-refractivity contribution in [3.05, 3.63) is 42.5 Å². The molecule has 0 heterocycles. The van der Waals surface area contributed by atoms with Crippen molar-refractivity contribution >= 4 is 32.8 Å². The van der Waals surface area contributed by atoms with Gasteiger partial charge in [0.15, 0.2) is 0 Å². The van der Waals surface area contributed by atoms with Gasteiger partial charge >= 0.3 is 16.3 Å². The Balaban J connectivity index is 2.77. The highest BCUT2D eigenvalue weighted by Crippen LogP contribution is 2.27. The van der Waals surface area contributed by atoms with Gasteiger partial charge in [-0.2, -0.15) is 12.7 Å². The predicted octanol–water partition coefficient (Wildman–Crippen LogP) is 1.53. The van der Waals surface area contributed by atoms with E-state index in [1.807, 2.05) is 0 Å². The maximum absolute atomic E-state index is 11.3. The molecule has 0 bridgehead atoms. The summed E-state index contributed by atoms with van der Waals surface area (Å²) in [4.78, 5) is 11.1. The highest BCUT2D eigenvalue weighted by atomic mass is 32.2. The van der Waals surface area contributed by atoms with Crippen LogP contribution >= 0.6 is 0 Å². The first-order chi connectivity index (χ1) is 8.41. The van der Waals surface area contributed by atoms with Crippen molar-refractivity contribution in [2.45, 2.75) is 0 Å². The van der Waals surface area contributed by atoms with Crippen LogP contribution in [0.25, 0.3) is 10.8 Å². The molecule has 0 aliphatic rings. The third kappa shape index (κ3) is 2.13. The number of carboxylic acid groups (broad SMARTS) is 1. The lowest BCUT2D eigenvalue weighted by Crippen LogP contribution is -2.40. The van der Waals surface area contributed by atoms with Gasteiger partial charge in [0.25, 0.3) is 0 Å². The van der Waals surface area contributed by atoms with E-state index in [4.69, 9.17) is 10.2 Å². The number of carbonyl (C=O) groups is 1. The van der Waals surface area contributed by atoms with E-state index in [2.05, 4.69) is 0 Å². The summed E-state index contributed by atoms with van der Waals surface area (Å²) in [5.41, 5.74) is 0.0168.